The topological polar surface area (TPSA) is 53.4 Å². The number of aryl methyl sites for hydroxylation is 1. The highest BCUT2D eigenvalue weighted by molar-refractivity contribution is 5.77. The molecule has 1 saturated carbocycles. The van der Waals surface area contributed by atoms with Crippen molar-refractivity contribution in [3.05, 3.63) is 29.6 Å². The standard InChI is InChI=1S/C20H30N2O2/c1-16-7-8-17(14-21-16)12-18-6-5-11-22(15-18)19(23)13-20(24)9-3-2-4-10-20/h7-8,14,18,24H,2-6,9-13,15H2,1H3. The molecule has 1 aliphatic heterocycles. The summed E-state index contributed by atoms with van der Waals surface area (Å²) in [6.45, 7) is 3.67. The van der Waals surface area contributed by atoms with E-state index in [1.165, 1.54) is 18.4 Å². The number of likely N-dealkylation sites (tertiary alicyclic amines) is 1. The molecule has 0 bridgehead atoms. The van der Waals surface area contributed by atoms with Crippen LogP contribution in [0.3, 0.4) is 0 Å². The monoisotopic (exact) mass is 330 g/mol. The zero-order valence-corrected chi connectivity index (χ0v) is 14.8. The Hall–Kier alpha value is -1.42. The van der Waals surface area contributed by atoms with E-state index < -0.39 is 5.60 Å². The molecule has 0 spiro atoms. The quantitative estimate of drug-likeness (QED) is 0.922. The van der Waals surface area contributed by atoms with Gasteiger partial charge in [-0.1, -0.05) is 25.3 Å². The maximum atomic E-state index is 12.7. The first-order chi connectivity index (χ1) is 11.5. The van der Waals surface area contributed by atoms with Crippen molar-refractivity contribution >= 4 is 5.91 Å². The fraction of sp³-hybridized carbons (Fsp3) is 0.700. The number of carbonyl (C=O) groups is 1. The summed E-state index contributed by atoms with van der Waals surface area (Å²) < 4.78 is 0. The number of amides is 1. The SMILES string of the molecule is Cc1ccc(CC2CCCN(C(=O)CC3(O)CCCCC3)C2)cn1. The minimum absolute atomic E-state index is 0.145. The first kappa shape index (κ1) is 17.4. The van der Waals surface area contributed by atoms with Crippen molar-refractivity contribution in [1.82, 2.24) is 9.88 Å². The minimum atomic E-state index is -0.747. The van der Waals surface area contributed by atoms with Gasteiger partial charge in [0.15, 0.2) is 0 Å². The van der Waals surface area contributed by atoms with Gasteiger partial charge in [-0.05, 0) is 56.6 Å². The van der Waals surface area contributed by atoms with Gasteiger partial charge in [0.2, 0.25) is 5.91 Å². The summed E-state index contributed by atoms with van der Waals surface area (Å²) in [5, 5.41) is 10.6. The molecule has 1 aliphatic carbocycles. The predicted octanol–water partition coefficient (Wildman–Crippen LogP) is 3.26. The molecule has 2 heterocycles. The fourth-order valence-electron chi connectivity index (χ4n) is 4.19. The van der Waals surface area contributed by atoms with Crippen molar-refractivity contribution in [2.75, 3.05) is 13.1 Å². The Labute approximate surface area is 145 Å². The van der Waals surface area contributed by atoms with Gasteiger partial charge in [-0.15, -0.1) is 0 Å². The number of aromatic nitrogens is 1. The summed E-state index contributed by atoms with van der Waals surface area (Å²) in [4.78, 5) is 19.0. The van der Waals surface area contributed by atoms with Gasteiger partial charge in [0.1, 0.15) is 0 Å². The van der Waals surface area contributed by atoms with E-state index in [-0.39, 0.29) is 5.91 Å². The lowest BCUT2D eigenvalue weighted by molar-refractivity contribution is -0.139. The second kappa shape index (κ2) is 7.64. The van der Waals surface area contributed by atoms with Crippen molar-refractivity contribution in [1.29, 1.82) is 0 Å². The van der Waals surface area contributed by atoms with E-state index in [1.54, 1.807) is 0 Å². The van der Waals surface area contributed by atoms with Gasteiger partial charge in [0, 0.05) is 25.0 Å². The highest BCUT2D eigenvalue weighted by Gasteiger charge is 2.34. The summed E-state index contributed by atoms with van der Waals surface area (Å²) in [6.07, 6.45) is 10.3. The summed E-state index contributed by atoms with van der Waals surface area (Å²) in [5.74, 6) is 0.652. The summed E-state index contributed by atoms with van der Waals surface area (Å²) in [7, 11) is 0. The van der Waals surface area contributed by atoms with Gasteiger partial charge in [0.25, 0.3) is 0 Å². The van der Waals surface area contributed by atoms with Crippen molar-refractivity contribution in [2.45, 2.75) is 70.3 Å². The second-order valence-corrected chi connectivity index (χ2v) is 7.82. The van der Waals surface area contributed by atoms with Crippen molar-refractivity contribution in [2.24, 2.45) is 5.92 Å². The molecule has 1 aromatic rings. The zero-order chi connectivity index (χ0) is 17.0. The zero-order valence-electron chi connectivity index (χ0n) is 14.8. The van der Waals surface area contributed by atoms with Crippen LogP contribution in [0.15, 0.2) is 18.3 Å². The highest BCUT2D eigenvalue weighted by atomic mass is 16.3. The number of nitrogens with zero attached hydrogens (tertiary/aromatic N) is 2. The van der Waals surface area contributed by atoms with E-state index in [0.29, 0.717) is 12.3 Å². The van der Waals surface area contributed by atoms with Gasteiger partial charge in [-0.3, -0.25) is 9.78 Å². The number of hydrogen-bond donors (Lipinski definition) is 1. The molecule has 1 saturated heterocycles. The lowest BCUT2D eigenvalue weighted by Crippen LogP contribution is -2.45. The van der Waals surface area contributed by atoms with Crippen LogP contribution in [0.2, 0.25) is 0 Å². The van der Waals surface area contributed by atoms with Crippen LogP contribution in [0.1, 0.15) is 62.6 Å². The third kappa shape index (κ3) is 4.56. The van der Waals surface area contributed by atoms with Crippen LogP contribution in [-0.2, 0) is 11.2 Å². The van der Waals surface area contributed by atoms with E-state index in [2.05, 4.69) is 17.1 Å². The molecule has 24 heavy (non-hydrogen) atoms. The average Bonchev–Trinajstić information content (AvgIpc) is 2.57. The molecule has 0 radical (unpaired) electrons. The van der Waals surface area contributed by atoms with Gasteiger partial charge in [-0.25, -0.2) is 0 Å². The van der Waals surface area contributed by atoms with Crippen molar-refractivity contribution in [3.63, 3.8) is 0 Å². The molecule has 4 nitrogen and oxygen atoms in total. The summed E-state index contributed by atoms with van der Waals surface area (Å²) >= 11 is 0. The maximum Gasteiger partial charge on any atom is 0.225 e. The predicted molar refractivity (Wildman–Crippen MR) is 94.6 cm³/mol. The van der Waals surface area contributed by atoms with E-state index >= 15 is 0 Å². The first-order valence-electron chi connectivity index (χ1n) is 9.46. The molecular weight excluding hydrogens is 300 g/mol. The molecule has 1 atom stereocenters. The Kier molecular flexibility index (Phi) is 5.54. The maximum absolute atomic E-state index is 12.7. The van der Waals surface area contributed by atoms with Crippen LogP contribution in [0, 0.1) is 12.8 Å². The first-order valence-corrected chi connectivity index (χ1v) is 9.46. The van der Waals surface area contributed by atoms with Crippen molar-refractivity contribution < 1.29 is 9.90 Å². The van der Waals surface area contributed by atoms with Gasteiger partial charge < -0.3 is 10.0 Å². The number of carbonyl (C=O) groups excluding carboxylic acids is 1. The second-order valence-electron chi connectivity index (χ2n) is 7.82. The Morgan fingerprint density at radius 2 is 2.08 bits per heavy atom. The Bertz CT molecular complexity index is 549. The van der Waals surface area contributed by atoms with Crippen LogP contribution < -0.4 is 0 Å². The third-order valence-corrected chi connectivity index (χ3v) is 5.63. The fourth-order valence-corrected chi connectivity index (χ4v) is 4.19. The number of piperidine rings is 1. The number of hydrogen-bond acceptors (Lipinski definition) is 3. The van der Waals surface area contributed by atoms with Crippen LogP contribution in [0.5, 0.6) is 0 Å². The Balaban J connectivity index is 1.54. The lowest BCUT2D eigenvalue weighted by Gasteiger charge is -2.37. The normalized spacial score (nSPS) is 23.9. The molecule has 1 unspecified atom stereocenters. The Morgan fingerprint density at radius 3 is 2.79 bits per heavy atom. The minimum Gasteiger partial charge on any atom is -0.389 e. The summed E-state index contributed by atoms with van der Waals surface area (Å²) in [6, 6.07) is 4.20. The van der Waals surface area contributed by atoms with E-state index in [1.807, 2.05) is 18.0 Å². The van der Waals surface area contributed by atoms with Crippen LogP contribution in [-0.4, -0.2) is 39.6 Å². The summed E-state index contributed by atoms with van der Waals surface area (Å²) in [5.41, 5.74) is 1.55. The Morgan fingerprint density at radius 1 is 1.29 bits per heavy atom. The molecule has 0 aromatic carbocycles. The van der Waals surface area contributed by atoms with Gasteiger partial charge >= 0.3 is 0 Å². The van der Waals surface area contributed by atoms with Crippen molar-refractivity contribution in [3.8, 4) is 0 Å². The molecular formula is C20H30N2O2. The molecule has 1 amide bonds. The molecule has 2 aliphatic rings. The lowest BCUT2D eigenvalue weighted by atomic mass is 9.82. The third-order valence-electron chi connectivity index (χ3n) is 5.63. The number of rotatable bonds is 4. The van der Waals surface area contributed by atoms with Gasteiger partial charge in [0.05, 0.1) is 12.0 Å². The number of pyridine rings is 1. The average molecular weight is 330 g/mol. The number of aliphatic hydroxyl groups is 1. The molecule has 132 valence electrons. The van der Waals surface area contributed by atoms with Gasteiger partial charge in [-0.2, -0.15) is 0 Å². The van der Waals surface area contributed by atoms with Crippen LogP contribution >= 0.6 is 0 Å². The van der Waals surface area contributed by atoms with E-state index in [4.69, 9.17) is 0 Å². The van der Waals surface area contributed by atoms with Crippen LogP contribution in [0.25, 0.3) is 0 Å². The molecule has 3 rings (SSSR count). The molecule has 4 heteroatoms. The molecule has 1 N–H and O–H groups in total. The molecule has 1 aromatic heterocycles. The van der Waals surface area contributed by atoms with E-state index in [0.717, 1.165) is 57.3 Å². The van der Waals surface area contributed by atoms with Crippen LogP contribution in [0.4, 0.5) is 0 Å². The van der Waals surface area contributed by atoms with E-state index in [9.17, 15) is 9.90 Å². The highest BCUT2D eigenvalue weighted by Crippen LogP contribution is 2.32. The smallest absolute Gasteiger partial charge is 0.225 e. The largest absolute Gasteiger partial charge is 0.389 e. The molecule has 2 fully saturated rings.